The number of aromatic hydroxyl groups is 2. The number of phenolic OH excluding ortho intramolecular Hbond substituents is 2. The zero-order valence-electron chi connectivity index (χ0n) is 12.9. The molecular formula is C15H22N2O4Si. The van der Waals surface area contributed by atoms with Gasteiger partial charge in [0.15, 0.2) is 0 Å². The maximum atomic E-state index is 9.20. The van der Waals surface area contributed by atoms with Gasteiger partial charge in [0.25, 0.3) is 0 Å². The Hall–Kier alpha value is -2.38. The van der Waals surface area contributed by atoms with Gasteiger partial charge in [0, 0.05) is 13.2 Å². The molecule has 22 heavy (non-hydrogen) atoms. The SMILES string of the molecule is CO[Si](C)(C)Oc1ccc(O)c(N)c1.Nc1ccccc1O. The predicted octanol–water partition coefficient (Wildman–Crippen LogP) is 2.68. The van der Waals surface area contributed by atoms with Crippen LogP contribution in [0.15, 0.2) is 42.5 Å². The van der Waals surface area contributed by atoms with E-state index in [2.05, 4.69) is 0 Å². The Labute approximate surface area is 131 Å². The topological polar surface area (TPSA) is 111 Å². The Bertz CT molecular complexity index is 599. The lowest BCUT2D eigenvalue weighted by atomic mass is 10.3. The molecule has 2 rings (SSSR count). The molecule has 120 valence electrons. The maximum Gasteiger partial charge on any atom is 0.392 e. The average Bonchev–Trinajstić information content (AvgIpc) is 2.47. The second-order valence-corrected chi connectivity index (χ2v) is 8.40. The van der Waals surface area contributed by atoms with Crippen LogP contribution in [0.25, 0.3) is 0 Å². The van der Waals surface area contributed by atoms with E-state index >= 15 is 0 Å². The van der Waals surface area contributed by atoms with Crippen molar-refractivity contribution in [1.29, 1.82) is 0 Å². The zero-order chi connectivity index (χ0) is 16.8. The van der Waals surface area contributed by atoms with Crippen molar-refractivity contribution in [3.8, 4) is 17.2 Å². The molecule has 0 heterocycles. The number of nitrogen functional groups attached to an aromatic ring is 2. The zero-order valence-corrected chi connectivity index (χ0v) is 13.9. The predicted molar refractivity (Wildman–Crippen MR) is 90.2 cm³/mol. The summed E-state index contributed by atoms with van der Waals surface area (Å²) in [6.45, 7) is 3.85. The molecular weight excluding hydrogens is 300 g/mol. The monoisotopic (exact) mass is 322 g/mol. The molecule has 7 heteroatoms. The Morgan fingerprint density at radius 3 is 1.95 bits per heavy atom. The van der Waals surface area contributed by atoms with Crippen molar-refractivity contribution in [2.75, 3.05) is 18.6 Å². The summed E-state index contributed by atoms with van der Waals surface area (Å²) >= 11 is 0. The van der Waals surface area contributed by atoms with Gasteiger partial charge in [-0.2, -0.15) is 0 Å². The fourth-order valence-corrected chi connectivity index (χ4v) is 2.19. The normalized spacial score (nSPS) is 10.5. The minimum atomic E-state index is -2.10. The third-order valence-corrected chi connectivity index (χ3v) is 4.50. The summed E-state index contributed by atoms with van der Waals surface area (Å²) in [6.07, 6.45) is 0. The lowest BCUT2D eigenvalue weighted by Gasteiger charge is -2.21. The highest BCUT2D eigenvalue weighted by atomic mass is 28.4. The van der Waals surface area contributed by atoms with Crippen molar-refractivity contribution in [3.05, 3.63) is 42.5 Å². The van der Waals surface area contributed by atoms with Crippen LogP contribution in [0.1, 0.15) is 0 Å². The third kappa shape index (κ3) is 5.55. The molecule has 0 saturated heterocycles. The quantitative estimate of drug-likeness (QED) is 0.393. The highest BCUT2D eigenvalue weighted by Gasteiger charge is 2.24. The van der Waals surface area contributed by atoms with E-state index in [1.54, 1.807) is 43.5 Å². The molecule has 0 aliphatic carbocycles. The summed E-state index contributed by atoms with van der Waals surface area (Å²) < 4.78 is 10.8. The van der Waals surface area contributed by atoms with Gasteiger partial charge in [0.2, 0.25) is 0 Å². The summed E-state index contributed by atoms with van der Waals surface area (Å²) in [6, 6.07) is 11.5. The van der Waals surface area contributed by atoms with Gasteiger partial charge < -0.3 is 30.5 Å². The average molecular weight is 322 g/mol. The standard InChI is InChI=1S/C9H15NO3Si.C6H7NO/c1-12-14(2,3)13-7-4-5-9(11)8(10)6-7;7-5-3-1-2-4-6(5)8/h4-6,11H,10H2,1-3H3;1-4,8H,7H2. The second-order valence-electron chi connectivity index (χ2n) is 4.99. The largest absolute Gasteiger partial charge is 0.520 e. The Balaban J connectivity index is 0.000000255. The van der Waals surface area contributed by atoms with Crippen LogP contribution in [0, 0.1) is 0 Å². The summed E-state index contributed by atoms with van der Waals surface area (Å²) in [5, 5.41) is 18.0. The number of anilines is 2. The van der Waals surface area contributed by atoms with Crippen LogP contribution in [0.4, 0.5) is 11.4 Å². The Morgan fingerprint density at radius 1 is 0.909 bits per heavy atom. The van der Waals surface area contributed by atoms with Crippen LogP contribution in [0.2, 0.25) is 13.1 Å². The van der Waals surface area contributed by atoms with Crippen LogP contribution >= 0.6 is 0 Å². The number of benzene rings is 2. The van der Waals surface area contributed by atoms with Crippen LogP contribution < -0.4 is 15.9 Å². The van der Waals surface area contributed by atoms with Gasteiger partial charge in [-0.3, -0.25) is 0 Å². The van der Waals surface area contributed by atoms with Gasteiger partial charge in [0.05, 0.1) is 11.4 Å². The van der Waals surface area contributed by atoms with Gasteiger partial charge in [-0.25, -0.2) is 0 Å². The molecule has 0 unspecified atom stereocenters. The minimum Gasteiger partial charge on any atom is -0.520 e. The minimum absolute atomic E-state index is 0.0641. The van der Waals surface area contributed by atoms with E-state index in [0.29, 0.717) is 17.1 Å². The maximum absolute atomic E-state index is 9.20. The first kappa shape index (κ1) is 17.7. The fraction of sp³-hybridized carbons (Fsp3) is 0.200. The van der Waals surface area contributed by atoms with Crippen LogP contribution in [0.3, 0.4) is 0 Å². The molecule has 0 saturated carbocycles. The van der Waals surface area contributed by atoms with E-state index in [0.717, 1.165) is 0 Å². The number of hydrogen-bond donors (Lipinski definition) is 4. The van der Waals surface area contributed by atoms with E-state index in [1.807, 2.05) is 13.1 Å². The fourth-order valence-electron chi connectivity index (χ4n) is 1.41. The number of nitrogens with two attached hydrogens (primary N) is 2. The first-order chi connectivity index (χ1) is 10.2. The number of rotatable bonds is 3. The molecule has 0 amide bonds. The van der Waals surface area contributed by atoms with Gasteiger partial charge >= 0.3 is 8.56 Å². The summed E-state index contributed by atoms with van der Waals surface area (Å²) in [7, 11) is -0.475. The number of phenols is 2. The summed E-state index contributed by atoms with van der Waals surface area (Å²) in [4.78, 5) is 0. The molecule has 0 aliphatic rings. The smallest absolute Gasteiger partial charge is 0.392 e. The van der Waals surface area contributed by atoms with Crippen LogP contribution in [-0.2, 0) is 4.43 Å². The molecule has 0 aliphatic heterocycles. The van der Waals surface area contributed by atoms with Crippen molar-refractivity contribution >= 4 is 19.9 Å². The Kier molecular flexibility index (Phi) is 6.08. The summed E-state index contributed by atoms with van der Waals surface area (Å²) in [5.41, 5.74) is 11.5. The van der Waals surface area contributed by atoms with E-state index in [1.165, 1.54) is 6.07 Å². The molecule has 0 aromatic heterocycles. The molecule has 0 radical (unpaired) electrons. The second kappa shape index (κ2) is 7.58. The van der Waals surface area contributed by atoms with Crippen LogP contribution in [-0.4, -0.2) is 25.9 Å². The number of hydrogen-bond acceptors (Lipinski definition) is 6. The van der Waals surface area contributed by atoms with Gasteiger partial charge in [0.1, 0.15) is 17.2 Å². The van der Waals surface area contributed by atoms with E-state index in [9.17, 15) is 5.11 Å². The molecule has 2 aromatic carbocycles. The molecule has 0 fully saturated rings. The highest BCUT2D eigenvalue weighted by Crippen LogP contribution is 2.26. The van der Waals surface area contributed by atoms with Crippen molar-refractivity contribution in [2.24, 2.45) is 0 Å². The first-order valence-corrected chi connectivity index (χ1v) is 9.43. The molecule has 0 bridgehead atoms. The molecule has 6 nitrogen and oxygen atoms in total. The number of para-hydroxylation sites is 2. The lowest BCUT2D eigenvalue weighted by Crippen LogP contribution is -2.36. The molecule has 0 atom stereocenters. The van der Waals surface area contributed by atoms with Crippen molar-refractivity contribution in [2.45, 2.75) is 13.1 Å². The van der Waals surface area contributed by atoms with E-state index < -0.39 is 8.56 Å². The first-order valence-electron chi connectivity index (χ1n) is 6.61. The van der Waals surface area contributed by atoms with E-state index in [-0.39, 0.29) is 11.5 Å². The van der Waals surface area contributed by atoms with Crippen molar-refractivity contribution in [1.82, 2.24) is 0 Å². The lowest BCUT2D eigenvalue weighted by molar-refractivity contribution is 0.314. The van der Waals surface area contributed by atoms with Gasteiger partial charge in [-0.1, -0.05) is 12.1 Å². The van der Waals surface area contributed by atoms with Gasteiger partial charge in [-0.15, -0.1) is 0 Å². The molecule has 2 aromatic rings. The molecule has 0 spiro atoms. The van der Waals surface area contributed by atoms with Crippen molar-refractivity contribution < 1.29 is 19.1 Å². The third-order valence-electron chi connectivity index (χ3n) is 2.79. The van der Waals surface area contributed by atoms with Crippen LogP contribution in [0.5, 0.6) is 17.2 Å². The Morgan fingerprint density at radius 2 is 1.50 bits per heavy atom. The highest BCUT2D eigenvalue weighted by molar-refractivity contribution is 6.65. The van der Waals surface area contributed by atoms with Gasteiger partial charge in [-0.05, 0) is 37.4 Å². The van der Waals surface area contributed by atoms with Crippen molar-refractivity contribution in [3.63, 3.8) is 0 Å². The molecule has 6 N–H and O–H groups in total. The summed E-state index contributed by atoms with van der Waals surface area (Å²) in [5.74, 6) is 0.834. The van der Waals surface area contributed by atoms with E-state index in [4.69, 9.17) is 25.4 Å².